The van der Waals surface area contributed by atoms with Gasteiger partial charge >= 0.3 is 0 Å². The van der Waals surface area contributed by atoms with E-state index in [0.717, 1.165) is 43.2 Å². The topological polar surface area (TPSA) is 88.8 Å². The van der Waals surface area contributed by atoms with Crippen LogP contribution in [-0.2, 0) is 6.54 Å². The second-order valence-electron chi connectivity index (χ2n) is 7.70. The molecule has 0 radical (unpaired) electrons. The molecule has 8 nitrogen and oxygen atoms in total. The summed E-state index contributed by atoms with van der Waals surface area (Å²) in [5, 5.41) is 7.21. The summed E-state index contributed by atoms with van der Waals surface area (Å²) in [5.41, 5.74) is 1.50. The Morgan fingerprint density at radius 2 is 2.21 bits per heavy atom. The second kappa shape index (κ2) is 8.98. The summed E-state index contributed by atoms with van der Waals surface area (Å²) in [6.07, 6.45) is 15.3. The number of nitrogens with one attached hydrogen (secondary N) is 1. The highest BCUT2D eigenvalue weighted by molar-refractivity contribution is 5.93. The number of hydrogen-bond acceptors (Lipinski definition) is 6. The lowest BCUT2D eigenvalue weighted by Crippen LogP contribution is -2.35. The lowest BCUT2D eigenvalue weighted by molar-refractivity contribution is 0.0939. The molecule has 8 heteroatoms. The van der Waals surface area contributed by atoms with Gasteiger partial charge in [0.15, 0.2) is 0 Å². The van der Waals surface area contributed by atoms with Crippen molar-refractivity contribution in [3.8, 4) is 0 Å². The van der Waals surface area contributed by atoms with E-state index in [1.54, 1.807) is 11.0 Å². The Labute approximate surface area is 170 Å². The molecule has 2 aromatic rings. The molecule has 1 atom stereocenters. The number of allylic oxidation sites excluding steroid dienone is 2. The van der Waals surface area contributed by atoms with Gasteiger partial charge in [0, 0.05) is 19.2 Å². The van der Waals surface area contributed by atoms with Gasteiger partial charge in [-0.05, 0) is 37.2 Å². The predicted octanol–water partition coefficient (Wildman–Crippen LogP) is 2.38. The molecule has 29 heavy (non-hydrogen) atoms. The molecule has 1 N–H and O–H groups in total. The van der Waals surface area contributed by atoms with E-state index in [2.05, 4.69) is 55.4 Å². The van der Waals surface area contributed by atoms with Crippen molar-refractivity contribution in [2.24, 2.45) is 5.92 Å². The fourth-order valence-electron chi connectivity index (χ4n) is 3.52. The maximum Gasteiger partial charge on any atom is 0.270 e. The number of rotatable bonds is 9. The fraction of sp³-hybridized carbons (Fsp3) is 0.476. The van der Waals surface area contributed by atoms with Gasteiger partial charge in [0.2, 0.25) is 0 Å². The number of nitrogens with zero attached hydrogens (tertiary/aromatic N) is 6. The van der Waals surface area contributed by atoms with Gasteiger partial charge in [0.1, 0.15) is 30.5 Å². The normalized spacial score (nSPS) is 18.4. The highest BCUT2D eigenvalue weighted by Crippen LogP contribution is 2.31. The minimum atomic E-state index is -0.173. The van der Waals surface area contributed by atoms with Gasteiger partial charge in [-0.15, -0.1) is 0 Å². The average molecular weight is 393 g/mol. The largest absolute Gasteiger partial charge is 0.356 e. The molecule has 1 amide bonds. The average Bonchev–Trinajstić information content (AvgIpc) is 3.41. The van der Waals surface area contributed by atoms with Gasteiger partial charge in [-0.1, -0.05) is 25.2 Å². The summed E-state index contributed by atoms with van der Waals surface area (Å²) in [6, 6.07) is 1.74. The van der Waals surface area contributed by atoms with Gasteiger partial charge in [0.25, 0.3) is 5.91 Å². The van der Waals surface area contributed by atoms with Crippen molar-refractivity contribution in [3.63, 3.8) is 0 Å². The van der Waals surface area contributed by atoms with Gasteiger partial charge in [-0.25, -0.2) is 19.6 Å². The van der Waals surface area contributed by atoms with E-state index in [0.29, 0.717) is 12.2 Å². The van der Waals surface area contributed by atoms with Crippen molar-refractivity contribution >= 4 is 11.7 Å². The number of aromatic nitrogens is 5. The van der Waals surface area contributed by atoms with E-state index in [-0.39, 0.29) is 11.9 Å². The molecule has 2 aliphatic carbocycles. The standard InChI is InChI=1S/C21H27N7O/c1-2-8-27(11-16-6-7-16)20-10-19(23-14-24-20)21(29)26-18-5-3-4-17(9-18)12-28-15-22-13-25-28/h3-4,9-10,13-16,18H,2,5-8,11-12H2,1H3,(H,26,29). The first-order valence-electron chi connectivity index (χ1n) is 10.3. The summed E-state index contributed by atoms with van der Waals surface area (Å²) in [5.74, 6) is 1.43. The first-order valence-corrected chi connectivity index (χ1v) is 10.3. The van der Waals surface area contributed by atoms with Gasteiger partial charge in [-0.3, -0.25) is 4.79 Å². The number of carbonyl (C=O) groups is 1. The van der Waals surface area contributed by atoms with Crippen LogP contribution in [0.1, 0.15) is 43.1 Å². The minimum absolute atomic E-state index is 0.0670. The third kappa shape index (κ3) is 5.28. The first-order chi connectivity index (χ1) is 14.2. The molecule has 2 heterocycles. The van der Waals surface area contributed by atoms with Crippen molar-refractivity contribution in [2.75, 3.05) is 18.0 Å². The molecule has 2 aromatic heterocycles. The molecule has 0 aliphatic heterocycles. The summed E-state index contributed by atoms with van der Waals surface area (Å²) in [6.45, 7) is 4.74. The van der Waals surface area contributed by atoms with Crippen LogP contribution in [0.15, 0.2) is 48.8 Å². The van der Waals surface area contributed by atoms with Gasteiger partial charge in [-0.2, -0.15) is 5.10 Å². The molecule has 1 saturated carbocycles. The summed E-state index contributed by atoms with van der Waals surface area (Å²) in [4.78, 5) is 27.7. The van der Waals surface area contributed by atoms with Crippen molar-refractivity contribution < 1.29 is 4.79 Å². The predicted molar refractivity (Wildman–Crippen MR) is 110 cm³/mol. The highest BCUT2D eigenvalue weighted by atomic mass is 16.1. The molecule has 0 spiro atoms. The molecule has 0 bridgehead atoms. The Morgan fingerprint density at radius 1 is 1.31 bits per heavy atom. The zero-order valence-electron chi connectivity index (χ0n) is 16.7. The maximum atomic E-state index is 12.8. The summed E-state index contributed by atoms with van der Waals surface area (Å²) >= 11 is 0. The molecule has 1 fully saturated rings. The van der Waals surface area contributed by atoms with Crippen molar-refractivity contribution in [1.29, 1.82) is 0 Å². The lowest BCUT2D eigenvalue weighted by Gasteiger charge is -2.23. The molecule has 0 aromatic carbocycles. The Morgan fingerprint density at radius 3 is 2.97 bits per heavy atom. The lowest BCUT2D eigenvalue weighted by atomic mass is 10.0. The molecule has 1 unspecified atom stereocenters. The minimum Gasteiger partial charge on any atom is -0.356 e. The van der Waals surface area contributed by atoms with Crippen LogP contribution in [0.3, 0.4) is 0 Å². The van der Waals surface area contributed by atoms with Crippen molar-refractivity contribution in [3.05, 3.63) is 54.5 Å². The Balaban J connectivity index is 1.41. The maximum absolute atomic E-state index is 12.8. The van der Waals surface area contributed by atoms with Crippen LogP contribution in [0.4, 0.5) is 5.82 Å². The van der Waals surface area contributed by atoms with Crippen LogP contribution in [0.25, 0.3) is 0 Å². The van der Waals surface area contributed by atoms with E-state index >= 15 is 0 Å². The van der Waals surface area contributed by atoms with Gasteiger partial charge in [0.05, 0.1) is 12.6 Å². The molecular formula is C21H27N7O. The first kappa shape index (κ1) is 19.3. The molecule has 2 aliphatic rings. The Hall–Kier alpha value is -3.03. The Bertz CT molecular complexity index is 886. The van der Waals surface area contributed by atoms with E-state index in [1.165, 1.54) is 25.5 Å². The van der Waals surface area contributed by atoms with Crippen molar-refractivity contribution in [2.45, 2.75) is 45.2 Å². The van der Waals surface area contributed by atoms with Crippen LogP contribution in [0.2, 0.25) is 0 Å². The highest BCUT2D eigenvalue weighted by Gasteiger charge is 2.25. The second-order valence-corrected chi connectivity index (χ2v) is 7.70. The molecule has 152 valence electrons. The third-order valence-corrected chi connectivity index (χ3v) is 5.14. The Kier molecular flexibility index (Phi) is 5.97. The quantitative estimate of drug-likeness (QED) is 0.704. The number of amides is 1. The SMILES string of the molecule is CCCN(CC1CC1)c1cc(C(=O)NC2C=C(Cn3cncn3)C=CC2)ncn1. The van der Waals surface area contributed by atoms with Gasteiger partial charge < -0.3 is 10.2 Å². The van der Waals surface area contributed by atoms with E-state index in [9.17, 15) is 4.79 Å². The van der Waals surface area contributed by atoms with E-state index in [1.807, 2.05) is 6.07 Å². The van der Waals surface area contributed by atoms with Crippen LogP contribution in [0.5, 0.6) is 0 Å². The number of anilines is 1. The monoisotopic (exact) mass is 393 g/mol. The number of hydrogen-bond donors (Lipinski definition) is 1. The molecule has 4 rings (SSSR count). The third-order valence-electron chi connectivity index (χ3n) is 5.14. The van der Waals surface area contributed by atoms with E-state index < -0.39 is 0 Å². The smallest absolute Gasteiger partial charge is 0.270 e. The zero-order valence-corrected chi connectivity index (χ0v) is 16.7. The van der Waals surface area contributed by atoms with Crippen LogP contribution in [-0.4, -0.2) is 49.8 Å². The van der Waals surface area contributed by atoms with Crippen LogP contribution >= 0.6 is 0 Å². The summed E-state index contributed by atoms with van der Waals surface area (Å²) < 4.78 is 1.76. The summed E-state index contributed by atoms with van der Waals surface area (Å²) in [7, 11) is 0. The van der Waals surface area contributed by atoms with E-state index in [4.69, 9.17) is 0 Å². The van der Waals surface area contributed by atoms with Crippen LogP contribution in [0, 0.1) is 5.92 Å². The van der Waals surface area contributed by atoms with Crippen molar-refractivity contribution in [1.82, 2.24) is 30.0 Å². The molecule has 0 saturated heterocycles. The molecular weight excluding hydrogens is 366 g/mol. The number of carbonyl (C=O) groups excluding carboxylic acids is 1. The fourth-order valence-corrected chi connectivity index (χ4v) is 3.52. The zero-order chi connectivity index (χ0) is 20.1. The van der Waals surface area contributed by atoms with Crippen LogP contribution < -0.4 is 10.2 Å².